The first-order valence-electron chi connectivity index (χ1n) is 5.82. The van der Waals surface area contributed by atoms with Crippen LogP contribution in [-0.4, -0.2) is 21.3 Å². The van der Waals surface area contributed by atoms with Crippen LogP contribution in [-0.2, 0) is 5.75 Å². The van der Waals surface area contributed by atoms with Crippen LogP contribution in [0.25, 0.3) is 11.0 Å². The number of carbonyl (C=O) groups is 1. The second-order valence-corrected chi connectivity index (χ2v) is 6.48. The van der Waals surface area contributed by atoms with Gasteiger partial charge in [-0.2, -0.15) is 0 Å². The molecule has 2 heterocycles. The number of carboxylic acids is 1. The predicted octanol–water partition coefficient (Wildman–Crippen LogP) is 3.58. The quantitative estimate of drug-likeness (QED) is 0.742. The molecule has 0 saturated heterocycles. The van der Waals surface area contributed by atoms with Crippen LogP contribution < -0.4 is 0 Å². The summed E-state index contributed by atoms with van der Waals surface area (Å²) in [4.78, 5) is 11.4. The Morgan fingerprint density at radius 1 is 1.40 bits per heavy atom. The topological polar surface area (TPSA) is 76.2 Å². The molecule has 1 aromatic carbocycles. The number of nitrogens with zero attached hydrogens (tertiary/aromatic N) is 2. The number of thioether (sulfide) groups is 1. The van der Waals surface area contributed by atoms with Gasteiger partial charge in [0.2, 0.25) is 0 Å². The summed E-state index contributed by atoms with van der Waals surface area (Å²) in [5.74, 6) is -0.0964. The normalized spacial score (nSPS) is 11.1. The van der Waals surface area contributed by atoms with Crippen LogP contribution in [0.5, 0.6) is 0 Å². The third kappa shape index (κ3) is 2.41. The summed E-state index contributed by atoms with van der Waals surface area (Å²) in [7, 11) is 0. The van der Waals surface area contributed by atoms with Crippen molar-refractivity contribution in [1.29, 1.82) is 0 Å². The van der Waals surface area contributed by atoms with Gasteiger partial charge < -0.3 is 9.52 Å². The standard InChI is InChI=1S/C13H10N2O3S2/c1-7-14-15-13(20-7)19-6-10-11(12(16)17)8-4-2-3-5-9(8)18-10/h2-5H,6H2,1H3,(H,16,17). The number of hydrogen-bond donors (Lipinski definition) is 1. The molecule has 0 aliphatic rings. The van der Waals surface area contributed by atoms with Crippen molar-refractivity contribution in [3.05, 3.63) is 40.6 Å². The van der Waals surface area contributed by atoms with Crippen molar-refractivity contribution < 1.29 is 14.3 Å². The molecule has 0 saturated carbocycles. The minimum atomic E-state index is -0.973. The van der Waals surface area contributed by atoms with Crippen molar-refractivity contribution in [2.45, 2.75) is 17.0 Å². The molecule has 3 rings (SSSR count). The molecule has 0 fully saturated rings. The zero-order valence-corrected chi connectivity index (χ0v) is 12.1. The summed E-state index contributed by atoms with van der Waals surface area (Å²) in [6, 6.07) is 7.15. The van der Waals surface area contributed by atoms with E-state index in [2.05, 4.69) is 10.2 Å². The first-order chi connectivity index (χ1) is 9.65. The number of aromatic carboxylic acids is 1. The van der Waals surface area contributed by atoms with Gasteiger partial charge in [0.1, 0.15) is 21.9 Å². The molecule has 0 radical (unpaired) electrons. The molecule has 0 amide bonds. The lowest BCUT2D eigenvalue weighted by Gasteiger charge is -1.96. The molecular weight excluding hydrogens is 296 g/mol. The maximum Gasteiger partial charge on any atom is 0.339 e. The fraction of sp³-hybridized carbons (Fsp3) is 0.154. The first kappa shape index (κ1) is 13.1. The molecule has 7 heteroatoms. The monoisotopic (exact) mass is 306 g/mol. The van der Waals surface area contributed by atoms with Crippen molar-refractivity contribution in [1.82, 2.24) is 10.2 Å². The molecule has 3 aromatic rings. The molecular formula is C13H10N2O3S2. The maximum atomic E-state index is 11.4. The second-order valence-electron chi connectivity index (χ2n) is 4.08. The fourth-order valence-corrected chi connectivity index (χ4v) is 3.64. The van der Waals surface area contributed by atoms with E-state index in [-0.39, 0.29) is 5.56 Å². The van der Waals surface area contributed by atoms with Gasteiger partial charge in [0, 0.05) is 5.39 Å². The number of aryl methyl sites for hydroxylation is 1. The van der Waals surface area contributed by atoms with Crippen LogP contribution >= 0.6 is 23.1 Å². The Labute approximate surface area is 122 Å². The summed E-state index contributed by atoms with van der Waals surface area (Å²) in [6.07, 6.45) is 0. The Morgan fingerprint density at radius 2 is 2.20 bits per heavy atom. The zero-order valence-electron chi connectivity index (χ0n) is 10.5. The summed E-state index contributed by atoms with van der Waals surface area (Å²) in [5.41, 5.74) is 0.822. The van der Waals surface area contributed by atoms with Crippen molar-refractivity contribution in [2.75, 3.05) is 0 Å². The molecule has 0 aliphatic carbocycles. The molecule has 0 unspecified atom stereocenters. The van der Waals surface area contributed by atoms with Gasteiger partial charge in [-0.3, -0.25) is 0 Å². The van der Waals surface area contributed by atoms with Crippen molar-refractivity contribution in [3.8, 4) is 0 Å². The van der Waals surface area contributed by atoms with Crippen LogP contribution in [0, 0.1) is 6.92 Å². The molecule has 5 nitrogen and oxygen atoms in total. The van der Waals surface area contributed by atoms with Crippen LogP contribution in [0.3, 0.4) is 0 Å². The minimum absolute atomic E-state index is 0.231. The molecule has 1 N–H and O–H groups in total. The highest BCUT2D eigenvalue weighted by Crippen LogP contribution is 2.32. The Bertz CT molecular complexity index is 779. The third-order valence-corrected chi connectivity index (χ3v) is 4.69. The summed E-state index contributed by atoms with van der Waals surface area (Å²) in [5, 5.41) is 18.8. The van der Waals surface area contributed by atoms with Gasteiger partial charge in [0.05, 0.1) is 5.75 Å². The Balaban J connectivity index is 1.94. The Kier molecular flexibility index (Phi) is 3.45. The van der Waals surface area contributed by atoms with Gasteiger partial charge in [-0.25, -0.2) is 4.79 Å². The maximum absolute atomic E-state index is 11.4. The lowest BCUT2D eigenvalue weighted by Crippen LogP contribution is -1.98. The van der Waals surface area contributed by atoms with Gasteiger partial charge in [0.15, 0.2) is 4.34 Å². The van der Waals surface area contributed by atoms with Crippen LogP contribution in [0.4, 0.5) is 0 Å². The Hall–Kier alpha value is -1.86. The number of rotatable bonds is 4. The van der Waals surface area contributed by atoms with E-state index in [1.165, 1.54) is 23.1 Å². The lowest BCUT2D eigenvalue weighted by molar-refractivity contribution is 0.0697. The van der Waals surface area contributed by atoms with E-state index in [0.29, 0.717) is 22.5 Å². The van der Waals surface area contributed by atoms with Gasteiger partial charge in [-0.1, -0.05) is 41.3 Å². The molecule has 0 atom stereocenters. The van der Waals surface area contributed by atoms with Crippen LogP contribution in [0.15, 0.2) is 33.0 Å². The SMILES string of the molecule is Cc1nnc(SCc2oc3ccccc3c2C(=O)O)s1. The zero-order chi connectivity index (χ0) is 14.1. The molecule has 0 aliphatic heterocycles. The predicted molar refractivity (Wildman–Crippen MR) is 77.4 cm³/mol. The number of fused-ring (bicyclic) bond motifs is 1. The average Bonchev–Trinajstić information content (AvgIpc) is 2.99. The highest BCUT2D eigenvalue weighted by Gasteiger charge is 2.20. The largest absolute Gasteiger partial charge is 0.478 e. The van der Waals surface area contributed by atoms with Gasteiger partial charge in [-0.05, 0) is 13.0 Å². The number of carboxylic acid groups (broad SMARTS) is 1. The van der Waals surface area contributed by atoms with Crippen LogP contribution in [0.1, 0.15) is 21.1 Å². The number of aromatic nitrogens is 2. The van der Waals surface area contributed by atoms with Crippen molar-refractivity contribution >= 4 is 40.0 Å². The van der Waals surface area contributed by atoms with E-state index >= 15 is 0 Å². The molecule has 0 bridgehead atoms. The van der Waals surface area contributed by atoms with Crippen molar-refractivity contribution in [3.63, 3.8) is 0 Å². The highest BCUT2D eigenvalue weighted by atomic mass is 32.2. The van der Waals surface area contributed by atoms with E-state index < -0.39 is 5.97 Å². The van der Waals surface area contributed by atoms with Gasteiger partial charge in [-0.15, -0.1) is 10.2 Å². The fourth-order valence-electron chi connectivity index (χ4n) is 1.90. The summed E-state index contributed by atoms with van der Waals surface area (Å²) < 4.78 is 6.45. The van der Waals surface area contributed by atoms with E-state index in [0.717, 1.165) is 9.35 Å². The molecule has 102 valence electrons. The Morgan fingerprint density at radius 3 is 2.90 bits per heavy atom. The number of para-hydroxylation sites is 1. The number of benzene rings is 1. The van der Waals surface area contributed by atoms with E-state index in [4.69, 9.17) is 4.42 Å². The van der Waals surface area contributed by atoms with E-state index in [1.54, 1.807) is 18.2 Å². The van der Waals surface area contributed by atoms with E-state index in [9.17, 15) is 9.90 Å². The lowest BCUT2D eigenvalue weighted by atomic mass is 10.1. The second kappa shape index (κ2) is 5.26. The minimum Gasteiger partial charge on any atom is -0.478 e. The van der Waals surface area contributed by atoms with Gasteiger partial charge >= 0.3 is 5.97 Å². The summed E-state index contributed by atoms with van der Waals surface area (Å²) in [6.45, 7) is 1.88. The number of furan rings is 1. The third-order valence-electron chi connectivity index (χ3n) is 2.72. The van der Waals surface area contributed by atoms with Gasteiger partial charge in [0.25, 0.3) is 0 Å². The summed E-state index contributed by atoms with van der Waals surface area (Å²) >= 11 is 2.91. The number of hydrogen-bond acceptors (Lipinski definition) is 6. The smallest absolute Gasteiger partial charge is 0.339 e. The molecule has 0 spiro atoms. The first-order valence-corrected chi connectivity index (χ1v) is 7.62. The molecule has 2 aromatic heterocycles. The average molecular weight is 306 g/mol. The molecule has 20 heavy (non-hydrogen) atoms. The van der Waals surface area contributed by atoms with Crippen LogP contribution in [0.2, 0.25) is 0 Å². The van der Waals surface area contributed by atoms with Crippen molar-refractivity contribution in [2.24, 2.45) is 0 Å². The highest BCUT2D eigenvalue weighted by molar-refractivity contribution is 8.00. The van der Waals surface area contributed by atoms with E-state index in [1.807, 2.05) is 13.0 Å².